The monoisotopic (exact) mass is 359 g/mol. The quantitative estimate of drug-likeness (QED) is 0.504. The van der Waals surface area contributed by atoms with Crippen molar-refractivity contribution in [1.82, 2.24) is 4.72 Å². The zero-order valence-corrected chi connectivity index (χ0v) is 15.3. The van der Waals surface area contributed by atoms with E-state index in [-0.39, 0.29) is 13.0 Å². The van der Waals surface area contributed by atoms with E-state index in [0.717, 1.165) is 6.42 Å². The van der Waals surface area contributed by atoms with Crippen LogP contribution in [0.1, 0.15) is 60.3 Å². The van der Waals surface area contributed by atoms with Crippen molar-refractivity contribution < 1.29 is 26.9 Å². The van der Waals surface area contributed by atoms with Gasteiger partial charge in [0.25, 0.3) is 0 Å². The van der Waals surface area contributed by atoms with Crippen molar-refractivity contribution in [3.05, 3.63) is 0 Å². The van der Waals surface area contributed by atoms with Gasteiger partial charge in [-0.15, -0.1) is 0 Å². The summed E-state index contributed by atoms with van der Waals surface area (Å²) in [6, 6.07) is -2.18. The van der Waals surface area contributed by atoms with Crippen molar-refractivity contribution in [2.75, 3.05) is 6.61 Å². The minimum Gasteiger partial charge on any atom is -0.465 e. The lowest BCUT2D eigenvalue weighted by Crippen LogP contribution is -2.53. The number of halogens is 3. The molecule has 0 saturated carbocycles. The highest BCUT2D eigenvalue weighted by atomic mass is 32.2. The van der Waals surface area contributed by atoms with E-state index in [1.54, 1.807) is 27.7 Å². The van der Waals surface area contributed by atoms with Crippen LogP contribution >= 0.6 is 0 Å². The number of rotatable bonds is 9. The van der Waals surface area contributed by atoms with Crippen molar-refractivity contribution in [2.45, 2.75) is 77.3 Å². The fourth-order valence-corrected chi connectivity index (χ4v) is 2.71. The Morgan fingerprint density at radius 1 is 1.17 bits per heavy atom. The number of nitrogens with one attached hydrogen (secondary N) is 1. The summed E-state index contributed by atoms with van der Waals surface area (Å²) in [6.07, 6.45) is -2.90. The summed E-state index contributed by atoms with van der Waals surface area (Å²) in [5.41, 5.74) is 0. The molecule has 0 unspecified atom stereocenters. The first-order valence-electron chi connectivity index (χ1n) is 7.86. The van der Waals surface area contributed by atoms with Crippen LogP contribution in [0.25, 0.3) is 0 Å². The molecule has 0 radical (unpaired) electrons. The highest BCUT2D eigenvalue weighted by molar-refractivity contribution is 7.84. The minimum atomic E-state index is -4.69. The average Bonchev–Trinajstić information content (AvgIpc) is 2.40. The first kappa shape index (κ1) is 22.4. The summed E-state index contributed by atoms with van der Waals surface area (Å²) in [4.78, 5) is 12.1. The van der Waals surface area contributed by atoms with E-state index >= 15 is 0 Å². The van der Waals surface area contributed by atoms with Gasteiger partial charge in [0.05, 0.1) is 28.3 Å². The van der Waals surface area contributed by atoms with Gasteiger partial charge in [0.1, 0.15) is 6.04 Å². The summed E-state index contributed by atoms with van der Waals surface area (Å²) in [5, 5.41) is 0. The molecule has 0 aromatic carbocycles. The van der Waals surface area contributed by atoms with Crippen molar-refractivity contribution in [2.24, 2.45) is 5.92 Å². The number of unbranched alkanes of at least 4 members (excludes halogenated alkanes) is 1. The van der Waals surface area contributed by atoms with E-state index in [9.17, 15) is 22.2 Å². The molecule has 0 aromatic rings. The van der Waals surface area contributed by atoms with Gasteiger partial charge in [0.2, 0.25) is 0 Å². The molecule has 0 heterocycles. The number of hydrogen-bond acceptors (Lipinski definition) is 3. The Balaban J connectivity index is 5.27. The number of carbonyl (C=O) groups excluding carboxylic acids is 1. The highest BCUT2D eigenvalue weighted by Crippen LogP contribution is 2.30. The molecule has 0 aromatic heterocycles. The Morgan fingerprint density at radius 3 is 2.13 bits per heavy atom. The molecule has 0 aliphatic heterocycles. The summed E-state index contributed by atoms with van der Waals surface area (Å²) in [7, 11) is -1.94. The Bertz CT molecular complexity index is 394. The molecule has 0 saturated heterocycles. The third-order valence-corrected chi connectivity index (χ3v) is 4.77. The summed E-state index contributed by atoms with van der Waals surface area (Å²) >= 11 is 0. The van der Waals surface area contributed by atoms with E-state index < -0.39 is 39.8 Å². The van der Waals surface area contributed by atoms with Gasteiger partial charge in [-0.25, -0.2) is 8.93 Å². The van der Waals surface area contributed by atoms with Gasteiger partial charge in [0, 0.05) is 0 Å². The van der Waals surface area contributed by atoms with Crippen molar-refractivity contribution in [3.63, 3.8) is 0 Å². The second-order valence-corrected chi connectivity index (χ2v) is 8.43. The summed E-state index contributed by atoms with van der Waals surface area (Å²) in [5.74, 6) is -2.29. The van der Waals surface area contributed by atoms with Gasteiger partial charge < -0.3 is 4.74 Å². The van der Waals surface area contributed by atoms with Crippen LogP contribution in [0, 0.1) is 5.92 Å². The van der Waals surface area contributed by atoms with Gasteiger partial charge in [-0.05, 0) is 33.6 Å². The van der Waals surface area contributed by atoms with Crippen LogP contribution in [0.4, 0.5) is 13.2 Å². The van der Waals surface area contributed by atoms with Crippen molar-refractivity contribution in [3.8, 4) is 0 Å². The van der Waals surface area contributed by atoms with Gasteiger partial charge in [-0.3, -0.25) is 4.79 Å². The molecule has 3 atom stereocenters. The maximum absolute atomic E-state index is 13.4. The molecule has 0 spiro atoms. The van der Waals surface area contributed by atoms with Crippen molar-refractivity contribution >= 4 is 17.0 Å². The lowest BCUT2D eigenvalue weighted by Gasteiger charge is -2.30. The zero-order valence-electron chi connectivity index (χ0n) is 14.5. The van der Waals surface area contributed by atoms with E-state index in [1.807, 2.05) is 6.92 Å². The third-order valence-electron chi connectivity index (χ3n) is 3.19. The van der Waals surface area contributed by atoms with E-state index in [4.69, 9.17) is 4.74 Å². The Kier molecular flexibility index (Phi) is 9.35. The fraction of sp³-hybridized carbons (Fsp3) is 0.933. The van der Waals surface area contributed by atoms with Gasteiger partial charge in [-0.2, -0.15) is 13.2 Å². The first-order chi connectivity index (χ1) is 10.4. The van der Waals surface area contributed by atoms with Gasteiger partial charge >= 0.3 is 12.1 Å². The first-order valence-corrected chi connectivity index (χ1v) is 9.01. The molecule has 0 fully saturated rings. The zero-order chi connectivity index (χ0) is 18.3. The molecule has 4 nitrogen and oxygen atoms in total. The second kappa shape index (κ2) is 9.61. The second-order valence-electron chi connectivity index (χ2n) is 6.43. The molecule has 23 heavy (non-hydrogen) atoms. The maximum Gasteiger partial charge on any atom is 0.405 e. The molecule has 0 aliphatic carbocycles. The molecule has 0 amide bonds. The fourth-order valence-electron chi connectivity index (χ4n) is 1.82. The van der Waals surface area contributed by atoms with Crippen LogP contribution in [-0.2, 0) is 20.5 Å². The van der Waals surface area contributed by atoms with Crippen LogP contribution < -0.4 is 4.72 Å². The molecule has 0 bridgehead atoms. The predicted octanol–water partition coefficient (Wildman–Crippen LogP) is 3.73. The number of hydrogen-bond donors (Lipinski definition) is 1. The summed E-state index contributed by atoms with van der Waals surface area (Å²) < 4.78 is 58.4. The molecular weight excluding hydrogens is 331 g/mol. The predicted molar refractivity (Wildman–Crippen MR) is 85.1 cm³/mol. The lowest BCUT2D eigenvalue weighted by molar-refractivity contribution is -0.179. The highest BCUT2D eigenvalue weighted by Gasteiger charge is 2.49. The Labute approximate surface area is 139 Å². The van der Waals surface area contributed by atoms with Gasteiger partial charge in [-0.1, -0.05) is 26.7 Å². The van der Waals surface area contributed by atoms with E-state index in [2.05, 4.69) is 4.72 Å². The minimum absolute atomic E-state index is 0.0173. The van der Waals surface area contributed by atoms with Gasteiger partial charge in [0.15, 0.2) is 0 Å². The Morgan fingerprint density at radius 2 is 1.74 bits per heavy atom. The normalized spacial score (nSPS) is 16.7. The maximum atomic E-state index is 13.4. The smallest absolute Gasteiger partial charge is 0.405 e. The largest absolute Gasteiger partial charge is 0.465 e. The lowest BCUT2D eigenvalue weighted by atomic mass is 9.95. The third kappa shape index (κ3) is 8.15. The molecule has 1 N–H and O–H groups in total. The molecule has 8 heteroatoms. The summed E-state index contributed by atoms with van der Waals surface area (Å²) in [6.45, 7) is 8.39. The molecule has 138 valence electrons. The number of alkyl halides is 3. The topological polar surface area (TPSA) is 55.4 Å². The van der Waals surface area contributed by atoms with Crippen LogP contribution in [0.2, 0.25) is 0 Å². The van der Waals surface area contributed by atoms with E-state index in [1.165, 1.54) is 0 Å². The van der Waals surface area contributed by atoms with Crippen LogP contribution in [-0.4, -0.2) is 33.8 Å². The number of carbonyl (C=O) groups is 1. The average molecular weight is 359 g/mol. The van der Waals surface area contributed by atoms with Crippen LogP contribution in [0.3, 0.4) is 0 Å². The van der Waals surface area contributed by atoms with Crippen LogP contribution in [0.5, 0.6) is 0 Å². The molecule has 0 rings (SSSR count). The standard InChI is InChI=1S/C15H28F3NO3S/c1-6-8-10-22-13(20)11(9-7-2)12(15(16,17)18)19-23(21)14(3,4)5/h11-12,19H,6-10H2,1-5H3/t11-,12-,23-/m1/s1. The van der Waals surface area contributed by atoms with Crippen LogP contribution in [0.15, 0.2) is 0 Å². The molecule has 0 aliphatic rings. The number of esters is 1. The van der Waals surface area contributed by atoms with E-state index in [0.29, 0.717) is 12.8 Å². The molecular formula is C15H28F3NO3S. The SMILES string of the molecule is CCCCOC(=O)[C@H](CCC)[C@@H](N[S@](=O)C(C)(C)C)C(F)(F)F. The Hall–Kier alpha value is -0.630. The van der Waals surface area contributed by atoms with Crippen molar-refractivity contribution in [1.29, 1.82) is 0 Å². The number of ether oxygens (including phenoxy) is 1.